The zero-order valence-corrected chi connectivity index (χ0v) is 15.0. The molecule has 5 nitrogen and oxygen atoms in total. The number of nitrogens with zero attached hydrogens (tertiary/aromatic N) is 1. The normalized spacial score (nSPS) is 14.7. The maximum Gasteiger partial charge on any atom is 0.268 e. The van der Waals surface area contributed by atoms with Gasteiger partial charge in [-0.3, -0.25) is 14.5 Å². The van der Waals surface area contributed by atoms with Crippen LogP contribution in [0.1, 0.15) is 16.9 Å². The molecule has 0 saturated heterocycles. The number of amides is 2. The van der Waals surface area contributed by atoms with Crippen LogP contribution in [-0.2, 0) is 20.1 Å². The van der Waals surface area contributed by atoms with Gasteiger partial charge in [-0.2, -0.15) is 0 Å². The Morgan fingerprint density at radius 1 is 1.12 bits per heavy atom. The number of aryl methyl sites for hydroxylation is 1. The maximum atomic E-state index is 12.8. The van der Waals surface area contributed by atoms with Gasteiger partial charge >= 0.3 is 0 Å². The molecule has 3 rings (SSSR count). The third kappa shape index (κ3) is 3.70. The van der Waals surface area contributed by atoms with Gasteiger partial charge in [-0.05, 0) is 24.6 Å². The lowest BCUT2D eigenvalue weighted by Crippen LogP contribution is -2.34. The molecule has 6 heteroatoms. The van der Waals surface area contributed by atoms with Crippen LogP contribution in [0.3, 0.4) is 0 Å². The van der Waals surface area contributed by atoms with Crippen molar-refractivity contribution in [1.82, 2.24) is 4.90 Å². The van der Waals surface area contributed by atoms with E-state index in [1.54, 1.807) is 19.4 Å². The van der Waals surface area contributed by atoms with Crippen molar-refractivity contribution in [2.45, 2.75) is 12.7 Å². The predicted molar refractivity (Wildman–Crippen MR) is 96.7 cm³/mol. The van der Waals surface area contributed by atoms with Crippen LogP contribution >= 0.6 is 11.8 Å². The molecule has 0 fully saturated rings. The average Bonchev–Trinajstić information content (AvgIpc) is 3.20. The number of thioether (sulfide) groups is 1. The van der Waals surface area contributed by atoms with Gasteiger partial charge in [0.25, 0.3) is 11.8 Å². The number of carbonyl (C=O) groups is 2. The molecule has 0 radical (unpaired) electrons. The van der Waals surface area contributed by atoms with Crippen molar-refractivity contribution in [3.63, 3.8) is 0 Å². The number of imide groups is 1. The fourth-order valence-corrected chi connectivity index (χ4v) is 3.62. The average molecular weight is 357 g/mol. The first-order valence-electron chi connectivity index (χ1n) is 7.93. The molecule has 0 saturated carbocycles. The van der Waals surface area contributed by atoms with Crippen LogP contribution in [-0.4, -0.2) is 37.0 Å². The summed E-state index contributed by atoms with van der Waals surface area (Å²) in [5.41, 5.74) is 2.31. The van der Waals surface area contributed by atoms with Gasteiger partial charge in [-0.15, -0.1) is 11.8 Å². The van der Waals surface area contributed by atoms with Crippen LogP contribution < -0.4 is 0 Å². The molecular weight excluding hydrogens is 338 g/mol. The minimum atomic E-state index is -0.271. The van der Waals surface area contributed by atoms with E-state index in [1.165, 1.54) is 16.7 Å². The molecule has 1 aliphatic heterocycles. The summed E-state index contributed by atoms with van der Waals surface area (Å²) in [6, 6.07) is 11.3. The number of methoxy groups -OCH3 is 1. The Morgan fingerprint density at radius 3 is 2.52 bits per heavy atom. The van der Waals surface area contributed by atoms with Gasteiger partial charge in [0.15, 0.2) is 0 Å². The number of carbonyl (C=O) groups excluding carboxylic acids is 2. The summed E-state index contributed by atoms with van der Waals surface area (Å²) in [5, 5.41) is 0. The quantitative estimate of drug-likeness (QED) is 0.712. The fourth-order valence-electron chi connectivity index (χ4n) is 2.59. The van der Waals surface area contributed by atoms with Gasteiger partial charge in [0.05, 0.1) is 35.6 Å². The summed E-state index contributed by atoms with van der Waals surface area (Å²) in [6.07, 6.45) is 1.59. The predicted octanol–water partition coefficient (Wildman–Crippen LogP) is 3.25. The lowest BCUT2D eigenvalue weighted by atomic mass is 10.0. The lowest BCUT2D eigenvalue weighted by Gasteiger charge is -2.14. The summed E-state index contributed by atoms with van der Waals surface area (Å²) < 4.78 is 10.4. The highest BCUT2D eigenvalue weighted by atomic mass is 32.2. The Bertz CT molecular complexity index is 793. The van der Waals surface area contributed by atoms with Gasteiger partial charge in [0.2, 0.25) is 0 Å². The number of hydrogen-bond donors (Lipinski definition) is 0. The number of benzene rings is 1. The van der Waals surface area contributed by atoms with Gasteiger partial charge in [0.1, 0.15) is 5.76 Å². The molecule has 2 aromatic rings. The maximum absolute atomic E-state index is 12.8. The largest absolute Gasteiger partial charge is 0.468 e. The van der Waals surface area contributed by atoms with Crippen molar-refractivity contribution in [2.75, 3.05) is 20.3 Å². The number of rotatable bonds is 7. The zero-order chi connectivity index (χ0) is 17.8. The first-order chi connectivity index (χ1) is 12.1. The smallest absolute Gasteiger partial charge is 0.268 e. The van der Waals surface area contributed by atoms with E-state index in [-0.39, 0.29) is 18.4 Å². The third-order valence-corrected chi connectivity index (χ3v) is 5.02. The molecular formula is C19H19NO4S. The van der Waals surface area contributed by atoms with E-state index in [1.807, 2.05) is 37.3 Å². The Morgan fingerprint density at radius 2 is 1.88 bits per heavy atom. The van der Waals surface area contributed by atoms with E-state index in [0.29, 0.717) is 22.8 Å². The van der Waals surface area contributed by atoms with Gasteiger partial charge < -0.3 is 9.15 Å². The monoisotopic (exact) mass is 357 g/mol. The second kappa shape index (κ2) is 7.72. The SMILES string of the molecule is COCCN1C(=O)C(SCc2ccco2)=C(c2ccc(C)cc2)C1=O. The fraction of sp³-hybridized carbons (Fsp3) is 0.263. The highest BCUT2D eigenvalue weighted by Crippen LogP contribution is 2.37. The Labute approximate surface area is 150 Å². The van der Waals surface area contributed by atoms with Crippen LogP contribution in [0.15, 0.2) is 52.0 Å². The molecule has 0 aliphatic carbocycles. The van der Waals surface area contributed by atoms with E-state index < -0.39 is 0 Å². The number of hydrogen-bond acceptors (Lipinski definition) is 5. The van der Waals surface area contributed by atoms with Crippen LogP contribution in [0, 0.1) is 6.92 Å². The molecule has 25 heavy (non-hydrogen) atoms. The molecule has 1 aliphatic rings. The minimum absolute atomic E-state index is 0.244. The number of ether oxygens (including phenoxy) is 1. The zero-order valence-electron chi connectivity index (χ0n) is 14.2. The first kappa shape index (κ1) is 17.5. The Balaban J connectivity index is 1.93. The summed E-state index contributed by atoms with van der Waals surface area (Å²) in [7, 11) is 1.55. The molecule has 2 amide bonds. The van der Waals surface area contributed by atoms with Crippen LogP contribution in [0.25, 0.3) is 5.57 Å². The van der Waals surface area contributed by atoms with Gasteiger partial charge in [-0.1, -0.05) is 29.8 Å². The molecule has 1 aromatic heterocycles. The molecule has 0 atom stereocenters. The third-order valence-electron chi connectivity index (χ3n) is 3.92. The van der Waals surface area contributed by atoms with Crippen molar-refractivity contribution < 1.29 is 18.7 Å². The summed E-state index contributed by atoms with van der Waals surface area (Å²) in [5.74, 6) is 0.716. The highest BCUT2D eigenvalue weighted by molar-refractivity contribution is 8.03. The molecule has 0 bridgehead atoms. The molecule has 0 spiro atoms. The summed E-state index contributed by atoms with van der Waals surface area (Å²) in [4.78, 5) is 27.3. The van der Waals surface area contributed by atoms with Crippen molar-refractivity contribution in [2.24, 2.45) is 0 Å². The van der Waals surface area contributed by atoms with Crippen molar-refractivity contribution >= 4 is 29.1 Å². The topological polar surface area (TPSA) is 59.8 Å². The standard InChI is InChI=1S/C19H19NO4S/c1-13-5-7-14(8-6-13)16-17(25-12-15-4-3-10-24-15)19(22)20(18(16)21)9-11-23-2/h3-8,10H,9,11-12H2,1-2H3. The van der Waals surface area contributed by atoms with Crippen molar-refractivity contribution in [3.8, 4) is 0 Å². The molecule has 130 valence electrons. The van der Waals surface area contributed by atoms with Gasteiger partial charge in [-0.25, -0.2) is 0 Å². The van der Waals surface area contributed by atoms with Crippen molar-refractivity contribution in [3.05, 3.63) is 64.5 Å². The van der Waals surface area contributed by atoms with Crippen LogP contribution in [0.2, 0.25) is 0 Å². The molecule has 2 heterocycles. The second-order valence-electron chi connectivity index (χ2n) is 5.69. The molecule has 0 unspecified atom stereocenters. The first-order valence-corrected chi connectivity index (χ1v) is 8.92. The second-order valence-corrected chi connectivity index (χ2v) is 6.68. The Kier molecular flexibility index (Phi) is 5.40. The summed E-state index contributed by atoms with van der Waals surface area (Å²) >= 11 is 1.33. The van der Waals surface area contributed by atoms with Gasteiger partial charge in [0, 0.05) is 7.11 Å². The molecule has 0 N–H and O–H groups in total. The lowest BCUT2D eigenvalue weighted by molar-refractivity contribution is -0.137. The highest BCUT2D eigenvalue weighted by Gasteiger charge is 2.38. The van der Waals surface area contributed by atoms with Crippen molar-refractivity contribution in [1.29, 1.82) is 0 Å². The van der Waals surface area contributed by atoms with E-state index in [4.69, 9.17) is 9.15 Å². The van der Waals surface area contributed by atoms with Crippen LogP contribution in [0.4, 0.5) is 0 Å². The number of furan rings is 1. The van der Waals surface area contributed by atoms with Crippen LogP contribution in [0.5, 0.6) is 0 Å². The summed E-state index contributed by atoms with van der Waals surface area (Å²) in [6.45, 7) is 2.54. The minimum Gasteiger partial charge on any atom is -0.468 e. The Hall–Kier alpha value is -2.31. The van der Waals surface area contributed by atoms with E-state index in [9.17, 15) is 9.59 Å². The van der Waals surface area contributed by atoms with E-state index in [2.05, 4.69) is 0 Å². The van der Waals surface area contributed by atoms with E-state index in [0.717, 1.165) is 16.9 Å². The molecule has 1 aromatic carbocycles. The van der Waals surface area contributed by atoms with E-state index >= 15 is 0 Å².